The van der Waals surface area contributed by atoms with Crippen LogP contribution in [0.2, 0.25) is 0 Å². The maximum absolute atomic E-state index is 5.44. The van der Waals surface area contributed by atoms with Crippen molar-refractivity contribution in [3.05, 3.63) is 48.1 Å². The smallest absolute Gasteiger partial charge is 1.00 e. The molecule has 1 aliphatic rings. The average Bonchev–Trinajstić information content (AvgIpc) is 2.47. The van der Waals surface area contributed by atoms with Gasteiger partial charge in [-0.2, -0.15) is 6.07 Å². The summed E-state index contributed by atoms with van der Waals surface area (Å²) in [5.74, 6) is 2.16. The standard InChI is InChI=1S/C15H19O2.C3H6.BrH.Mg/c1-11-6-4-7-12(10-11)15-13(16-2)8-5-9-14(15)17-3;1-3-2;;/h8-10,12H,4,6-7H2,1-3H3;3H,1H2,2H3;1H;/q-1;;;+2/p-1. The molecule has 1 atom stereocenters. The van der Waals surface area contributed by atoms with E-state index in [1.54, 1.807) is 20.3 Å². The second-order valence-electron chi connectivity index (χ2n) is 4.93. The molecule has 0 heterocycles. The minimum absolute atomic E-state index is 0. The first-order valence-electron chi connectivity index (χ1n) is 7.04. The van der Waals surface area contributed by atoms with Crippen LogP contribution in [0.1, 0.15) is 44.6 Å². The largest absolute Gasteiger partial charge is 2.00 e. The summed E-state index contributed by atoms with van der Waals surface area (Å²) in [5, 5.41) is 0. The quantitative estimate of drug-likeness (QED) is 0.452. The van der Waals surface area contributed by atoms with E-state index in [0.29, 0.717) is 5.92 Å². The molecule has 0 fully saturated rings. The van der Waals surface area contributed by atoms with Crippen LogP contribution in [0.25, 0.3) is 0 Å². The van der Waals surface area contributed by atoms with Crippen molar-refractivity contribution in [2.24, 2.45) is 0 Å². The second kappa shape index (κ2) is 13.0. The zero-order chi connectivity index (χ0) is 15.0. The third-order valence-electron chi connectivity index (χ3n) is 3.34. The molecule has 1 aromatic carbocycles. The topological polar surface area (TPSA) is 18.5 Å². The molecule has 22 heavy (non-hydrogen) atoms. The van der Waals surface area contributed by atoms with Gasteiger partial charge in [0.25, 0.3) is 0 Å². The van der Waals surface area contributed by atoms with Gasteiger partial charge in [-0.25, -0.2) is 0 Å². The van der Waals surface area contributed by atoms with Gasteiger partial charge in [-0.15, -0.1) is 18.7 Å². The molecule has 118 valence electrons. The molecule has 0 saturated carbocycles. The first kappa shape index (κ1) is 23.8. The van der Waals surface area contributed by atoms with E-state index in [4.69, 9.17) is 9.47 Å². The average molecular weight is 378 g/mol. The van der Waals surface area contributed by atoms with Crippen LogP contribution >= 0.6 is 0 Å². The Kier molecular flexibility index (Phi) is 14.1. The molecule has 2 nitrogen and oxygen atoms in total. The number of ether oxygens (including phenoxy) is 2. The Morgan fingerprint density at radius 2 is 1.73 bits per heavy atom. The van der Waals surface area contributed by atoms with Crippen molar-refractivity contribution in [2.75, 3.05) is 14.2 Å². The molecule has 1 aromatic rings. The number of benzene rings is 1. The molecule has 0 bridgehead atoms. The van der Waals surface area contributed by atoms with Gasteiger partial charge < -0.3 is 26.5 Å². The van der Waals surface area contributed by atoms with Crippen LogP contribution in [0.3, 0.4) is 0 Å². The van der Waals surface area contributed by atoms with Crippen LogP contribution in [0.15, 0.2) is 36.4 Å². The van der Waals surface area contributed by atoms with E-state index in [-0.39, 0.29) is 40.0 Å². The van der Waals surface area contributed by atoms with Gasteiger partial charge >= 0.3 is 23.1 Å². The summed E-state index contributed by atoms with van der Waals surface area (Å²) in [6, 6.07) is 6.82. The molecule has 0 N–H and O–H groups in total. The fourth-order valence-corrected chi connectivity index (χ4v) is 2.51. The molecular formula is C18H25BrMgO2. The van der Waals surface area contributed by atoms with Crippen molar-refractivity contribution in [1.82, 2.24) is 0 Å². The maximum atomic E-state index is 5.44. The zero-order valence-electron chi connectivity index (χ0n) is 14.1. The fraction of sp³-hybridized carbons (Fsp3) is 0.444. The predicted molar refractivity (Wildman–Crippen MR) is 90.4 cm³/mol. The molecule has 0 saturated heterocycles. The molecule has 0 amide bonds. The first-order valence-corrected chi connectivity index (χ1v) is 7.04. The molecule has 0 radical (unpaired) electrons. The van der Waals surface area contributed by atoms with E-state index < -0.39 is 0 Å². The van der Waals surface area contributed by atoms with Crippen molar-refractivity contribution >= 4 is 23.1 Å². The van der Waals surface area contributed by atoms with Crippen molar-refractivity contribution < 1.29 is 26.5 Å². The van der Waals surface area contributed by atoms with Gasteiger partial charge in [-0.3, -0.25) is 0 Å². The minimum atomic E-state index is 0. The Morgan fingerprint density at radius 1 is 1.23 bits per heavy atom. The number of methoxy groups -OCH3 is 2. The Morgan fingerprint density at radius 3 is 2.14 bits per heavy atom. The van der Waals surface area contributed by atoms with Crippen LogP contribution in [0, 0.1) is 6.07 Å². The summed E-state index contributed by atoms with van der Waals surface area (Å²) in [6.45, 7) is 7.44. The summed E-state index contributed by atoms with van der Waals surface area (Å²) in [7, 11) is 3.40. The van der Waals surface area contributed by atoms with Crippen LogP contribution in [0.4, 0.5) is 0 Å². The molecule has 0 aliphatic heterocycles. The molecule has 2 rings (SSSR count). The van der Waals surface area contributed by atoms with Gasteiger partial charge in [0.1, 0.15) is 0 Å². The molecule has 4 heteroatoms. The van der Waals surface area contributed by atoms with E-state index in [2.05, 4.69) is 25.6 Å². The SMILES string of the molecule is C=CC.COc1c[c-]cc(OC)c1C1C=C(C)CCC1.[Br-].[Mg+2]. The van der Waals surface area contributed by atoms with Gasteiger partial charge in [0.15, 0.2) is 0 Å². The number of hydrogen-bond donors (Lipinski definition) is 0. The molecule has 1 aliphatic carbocycles. The Labute approximate surface area is 161 Å². The minimum Gasteiger partial charge on any atom is -1.00 e. The van der Waals surface area contributed by atoms with E-state index in [1.165, 1.54) is 18.4 Å². The van der Waals surface area contributed by atoms with E-state index in [0.717, 1.165) is 23.5 Å². The summed E-state index contributed by atoms with van der Waals surface area (Å²) in [5.41, 5.74) is 2.62. The molecule has 0 aromatic heterocycles. The summed E-state index contributed by atoms with van der Waals surface area (Å²) < 4.78 is 10.9. The van der Waals surface area contributed by atoms with Gasteiger partial charge in [0.2, 0.25) is 0 Å². The fourth-order valence-electron chi connectivity index (χ4n) is 2.51. The van der Waals surface area contributed by atoms with Crippen LogP contribution < -0.4 is 26.5 Å². The summed E-state index contributed by atoms with van der Waals surface area (Å²) in [4.78, 5) is 0. The van der Waals surface area contributed by atoms with Gasteiger partial charge in [-0.1, -0.05) is 23.3 Å². The van der Waals surface area contributed by atoms with E-state index in [1.807, 2.05) is 19.1 Å². The Bertz CT molecular complexity index is 450. The normalized spacial score (nSPS) is 15.8. The first-order chi connectivity index (χ1) is 9.67. The van der Waals surface area contributed by atoms with Crippen molar-refractivity contribution in [1.29, 1.82) is 0 Å². The number of rotatable bonds is 3. The summed E-state index contributed by atoms with van der Waals surface area (Å²) >= 11 is 0. The third kappa shape index (κ3) is 6.76. The number of halogens is 1. The van der Waals surface area contributed by atoms with E-state index in [9.17, 15) is 0 Å². The Balaban J connectivity index is 0. The predicted octanol–water partition coefficient (Wildman–Crippen LogP) is 1.53. The molecule has 0 spiro atoms. The van der Waals surface area contributed by atoms with Crippen molar-refractivity contribution in [3.63, 3.8) is 0 Å². The van der Waals surface area contributed by atoms with Gasteiger partial charge in [-0.05, 0) is 39.0 Å². The third-order valence-corrected chi connectivity index (χ3v) is 3.34. The second-order valence-corrected chi connectivity index (χ2v) is 4.93. The van der Waals surface area contributed by atoms with Crippen LogP contribution in [-0.2, 0) is 0 Å². The van der Waals surface area contributed by atoms with Crippen LogP contribution in [-0.4, -0.2) is 37.3 Å². The Hall–Kier alpha value is -0.454. The van der Waals surface area contributed by atoms with Crippen molar-refractivity contribution in [2.45, 2.75) is 39.0 Å². The van der Waals surface area contributed by atoms with E-state index >= 15 is 0 Å². The van der Waals surface area contributed by atoms with Gasteiger partial charge in [0.05, 0.1) is 14.2 Å². The van der Waals surface area contributed by atoms with Crippen LogP contribution in [0.5, 0.6) is 11.5 Å². The maximum Gasteiger partial charge on any atom is 2.00 e. The number of hydrogen-bond acceptors (Lipinski definition) is 2. The molecular weight excluding hydrogens is 352 g/mol. The zero-order valence-corrected chi connectivity index (χ0v) is 17.1. The summed E-state index contributed by atoms with van der Waals surface area (Å²) in [6.07, 6.45) is 7.69. The van der Waals surface area contributed by atoms with Gasteiger partial charge in [0, 0.05) is 11.5 Å². The molecule has 1 unspecified atom stereocenters. The number of allylic oxidation sites excluding steroid dienone is 3. The van der Waals surface area contributed by atoms with Crippen molar-refractivity contribution in [3.8, 4) is 11.5 Å². The monoisotopic (exact) mass is 376 g/mol.